The van der Waals surface area contributed by atoms with E-state index in [-0.39, 0.29) is 17.1 Å². The number of carbonyl (C=O) groups excluding carboxylic acids is 1. The van der Waals surface area contributed by atoms with Crippen molar-refractivity contribution in [3.05, 3.63) is 36.2 Å². The first-order valence-corrected chi connectivity index (χ1v) is 4.78. The molecule has 6 nitrogen and oxygen atoms in total. The van der Waals surface area contributed by atoms with Crippen LogP contribution in [0, 0.1) is 5.82 Å². The molecule has 3 N–H and O–H groups in total. The van der Waals surface area contributed by atoms with E-state index in [9.17, 15) is 9.18 Å². The van der Waals surface area contributed by atoms with E-state index in [0.717, 1.165) is 6.20 Å². The van der Waals surface area contributed by atoms with Gasteiger partial charge in [-0.2, -0.15) is 5.10 Å². The zero-order valence-electron chi connectivity index (χ0n) is 9.01. The van der Waals surface area contributed by atoms with Gasteiger partial charge in [0.25, 0.3) is 5.91 Å². The molecule has 7 heteroatoms. The molecule has 0 bridgehead atoms. The average Bonchev–Trinajstić information content (AvgIpc) is 2.61. The lowest BCUT2D eigenvalue weighted by molar-refractivity contribution is 0.102. The van der Waals surface area contributed by atoms with E-state index in [1.165, 1.54) is 23.1 Å². The zero-order valence-corrected chi connectivity index (χ0v) is 9.01. The van der Waals surface area contributed by atoms with Gasteiger partial charge in [0.2, 0.25) is 0 Å². The molecule has 2 heterocycles. The van der Waals surface area contributed by atoms with Gasteiger partial charge in [-0.15, -0.1) is 0 Å². The minimum atomic E-state index is -0.615. The van der Waals surface area contributed by atoms with Crippen molar-refractivity contribution in [2.75, 3.05) is 11.1 Å². The molecule has 0 aliphatic heterocycles. The fourth-order valence-electron chi connectivity index (χ4n) is 1.34. The molecule has 2 aromatic rings. The van der Waals surface area contributed by atoms with E-state index in [1.54, 1.807) is 7.05 Å². The number of anilines is 2. The third-order valence-corrected chi connectivity index (χ3v) is 2.09. The third-order valence-electron chi connectivity index (χ3n) is 2.09. The predicted molar refractivity (Wildman–Crippen MR) is 59.8 cm³/mol. The summed E-state index contributed by atoms with van der Waals surface area (Å²) in [4.78, 5) is 15.3. The molecule has 0 radical (unpaired) electrons. The molecule has 2 aromatic heterocycles. The smallest absolute Gasteiger partial charge is 0.278 e. The van der Waals surface area contributed by atoms with Crippen LogP contribution in [0.15, 0.2) is 24.7 Å². The molecule has 0 aliphatic carbocycles. The number of aromatic nitrogens is 3. The molecule has 0 aliphatic rings. The lowest BCUT2D eigenvalue weighted by Gasteiger charge is -2.03. The summed E-state index contributed by atoms with van der Waals surface area (Å²) < 4.78 is 14.6. The first kappa shape index (κ1) is 11.1. The van der Waals surface area contributed by atoms with E-state index < -0.39 is 11.7 Å². The van der Waals surface area contributed by atoms with Crippen molar-refractivity contribution in [1.82, 2.24) is 14.8 Å². The fraction of sp³-hybridized carbons (Fsp3) is 0.100. The van der Waals surface area contributed by atoms with Crippen LogP contribution in [0.3, 0.4) is 0 Å². The number of carbonyl (C=O) groups is 1. The van der Waals surface area contributed by atoms with E-state index >= 15 is 0 Å². The summed E-state index contributed by atoms with van der Waals surface area (Å²) in [5, 5.41) is 6.25. The molecule has 0 saturated heterocycles. The number of nitrogens with one attached hydrogen (secondary N) is 1. The van der Waals surface area contributed by atoms with Crippen molar-refractivity contribution >= 4 is 17.3 Å². The van der Waals surface area contributed by atoms with Crippen LogP contribution in [-0.4, -0.2) is 20.7 Å². The van der Waals surface area contributed by atoms with Crippen LogP contribution < -0.4 is 11.1 Å². The van der Waals surface area contributed by atoms with Gasteiger partial charge >= 0.3 is 0 Å². The Morgan fingerprint density at radius 2 is 2.35 bits per heavy atom. The number of halogens is 1. The normalized spacial score (nSPS) is 10.2. The highest BCUT2D eigenvalue weighted by atomic mass is 19.1. The van der Waals surface area contributed by atoms with Gasteiger partial charge in [0.05, 0.1) is 17.6 Å². The third kappa shape index (κ3) is 2.22. The van der Waals surface area contributed by atoms with E-state index in [4.69, 9.17) is 5.73 Å². The average molecular weight is 235 g/mol. The molecule has 88 valence electrons. The van der Waals surface area contributed by atoms with Gasteiger partial charge in [-0.1, -0.05) is 0 Å². The summed E-state index contributed by atoms with van der Waals surface area (Å²) in [5.74, 6) is -1.18. The summed E-state index contributed by atoms with van der Waals surface area (Å²) in [6.45, 7) is 0. The van der Waals surface area contributed by atoms with E-state index in [0.29, 0.717) is 0 Å². The Kier molecular flexibility index (Phi) is 2.73. The maximum absolute atomic E-state index is 13.2. The largest absolute Gasteiger partial charge is 0.396 e. The van der Waals surface area contributed by atoms with Crippen molar-refractivity contribution in [3.63, 3.8) is 0 Å². The van der Waals surface area contributed by atoms with Crippen LogP contribution >= 0.6 is 0 Å². The lowest BCUT2D eigenvalue weighted by atomic mass is 10.3. The minimum absolute atomic E-state index is 0.0371. The Labute approximate surface area is 96.3 Å². The maximum atomic E-state index is 13.2. The van der Waals surface area contributed by atoms with Crippen LogP contribution in [-0.2, 0) is 7.05 Å². The molecule has 2 rings (SSSR count). The molecule has 0 spiro atoms. The highest BCUT2D eigenvalue weighted by molar-refractivity contribution is 6.06. The second-order valence-corrected chi connectivity index (χ2v) is 3.42. The number of nitrogen functional groups attached to an aromatic ring is 1. The van der Waals surface area contributed by atoms with Crippen molar-refractivity contribution in [1.29, 1.82) is 0 Å². The van der Waals surface area contributed by atoms with Gasteiger partial charge < -0.3 is 11.1 Å². The number of aryl methyl sites for hydroxylation is 1. The van der Waals surface area contributed by atoms with Crippen LogP contribution in [0.5, 0.6) is 0 Å². The standard InChI is InChI=1S/C10H10FN5O/c1-16-5-7(12)9(15-16)10(17)14-8-2-3-13-4-6(8)11/h2-5H,12H2,1H3,(H,13,14,17). The maximum Gasteiger partial charge on any atom is 0.278 e. The van der Waals surface area contributed by atoms with Gasteiger partial charge in [-0.3, -0.25) is 14.5 Å². The molecule has 0 saturated carbocycles. The zero-order chi connectivity index (χ0) is 12.4. The van der Waals surface area contributed by atoms with Crippen molar-refractivity contribution in [2.24, 2.45) is 7.05 Å². The summed E-state index contributed by atoms with van der Waals surface area (Å²) >= 11 is 0. The van der Waals surface area contributed by atoms with E-state index in [1.807, 2.05) is 0 Å². The Balaban J connectivity index is 2.23. The fourth-order valence-corrected chi connectivity index (χ4v) is 1.34. The molecule has 1 amide bonds. The van der Waals surface area contributed by atoms with Crippen molar-refractivity contribution in [3.8, 4) is 0 Å². The van der Waals surface area contributed by atoms with Crippen LogP contribution in [0.2, 0.25) is 0 Å². The lowest BCUT2D eigenvalue weighted by Crippen LogP contribution is -2.15. The number of amides is 1. The van der Waals surface area contributed by atoms with Crippen LogP contribution in [0.1, 0.15) is 10.5 Å². The monoisotopic (exact) mass is 235 g/mol. The number of rotatable bonds is 2. The van der Waals surface area contributed by atoms with Gasteiger partial charge in [0.1, 0.15) is 0 Å². The quantitative estimate of drug-likeness (QED) is 0.805. The van der Waals surface area contributed by atoms with Crippen molar-refractivity contribution < 1.29 is 9.18 Å². The number of nitrogens with zero attached hydrogens (tertiary/aromatic N) is 3. The number of hydrogen-bond donors (Lipinski definition) is 2. The molecule has 0 fully saturated rings. The van der Waals surface area contributed by atoms with Gasteiger partial charge in [-0.25, -0.2) is 4.39 Å². The Hall–Kier alpha value is -2.44. The minimum Gasteiger partial charge on any atom is -0.396 e. The van der Waals surface area contributed by atoms with Crippen molar-refractivity contribution in [2.45, 2.75) is 0 Å². The number of nitrogens with two attached hydrogens (primary N) is 1. The molecule has 0 unspecified atom stereocenters. The Bertz CT molecular complexity index is 566. The molecular weight excluding hydrogens is 225 g/mol. The van der Waals surface area contributed by atoms with Gasteiger partial charge in [0.15, 0.2) is 11.5 Å². The number of pyridine rings is 1. The van der Waals surface area contributed by atoms with Crippen LogP contribution in [0.25, 0.3) is 0 Å². The molecule has 0 atom stereocenters. The predicted octanol–water partition coefficient (Wildman–Crippen LogP) is 0.789. The topological polar surface area (TPSA) is 85.8 Å². The Morgan fingerprint density at radius 3 is 2.94 bits per heavy atom. The summed E-state index contributed by atoms with van der Waals surface area (Å²) in [6.07, 6.45) is 3.88. The first-order valence-electron chi connectivity index (χ1n) is 4.78. The second-order valence-electron chi connectivity index (χ2n) is 3.42. The first-order chi connectivity index (χ1) is 8.08. The van der Waals surface area contributed by atoms with Gasteiger partial charge in [0, 0.05) is 19.4 Å². The van der Waals surface area contributed by atoms with E-state index in [2.05, 4.69) is 15.4 Å². The molecule has 17 heavy (non-hydrogen) atoms. The summed E-state index contributed by atoms with van der Waals surface area (Å²) in [5.41, 5.74) is 5.92. The molecule has 0 aromatic carbocycles. The number of hydrogen-bond acceptors (Lipinski definition) is 4. The highest BCUT2D eigenvalue weighted by Crippen LogP contribution is 2.14. The summed E-state index contributed by atoms with van der Waals surface area (Å²) in [6, 6.07) is 1.35. The van der Waals surface area contributed by atoms with Crippen LogP contribution in [0.4, 0.5) is 15.8 Å². The SMILES string of the molecule is Cn1cc(N)c(C(=O)Nc2ccncc2F)n1. The highest BCUT2D eigenvalue weighted by Gasteiger charge is 2.15. The Morgan fingerprint density at radius 1 is 1.59 bits per heavy atom. The molecular formula is C10H10FN5O. The second kappa shape index (κ2) is 4.20. The van der Waals surface area contributed by atoms with Gasteiger partial charge in [-0.05, 0) is 6.07 Å². The summed E-state index contributed by atoms with van der Waals surface area (Å²) in [7, 11) is 1.64.